The van der Waals surface area contributed by atoms with Gasteiger partial charge in [0.1, 0.15) is 0 Å². The summed E-state index contributed by atoms with van der Waals surface area (Å²) in [5.74, 6) is 1.54. The van der Waals surface area contributed by atoms with Gasteiger partial charge in [0, 0.05) is 23.6 Å². The van der Waals surface area contributed by atoms with Crippen LogP contribution in [0.1, 0.15) is 31.2 Å². The lowest BCUT2D eigenvalue weighted by Gasteiger charge is -2.42. The summed E-state index contributed by atoms with van der Waals surface area (Å²) in [4.78, 5) is 12.9. The number of carbonyl (C=O) groups is 1. The zero-order valence-corrected chi connectivity index (χ0v) is 14.5. The van der Waals surface area contributed by atoms with Crippen molar-refractivity contribution in [2.75, 3.05) is 27.8 Å². The van der Waals surface area contributed by atoms with Crippen molar-refractivity contribution >= 4 is 12.1 Å². The van der Waals surface area contributed by atoms with Gasteiger partial charge in [-0.15, -0.1) is 0 Å². The zero-order chi connectivity index (χ0) is 17.2. The van der Waals surface area contributed by atoms with Crippen LogP contribution in [-0.2, 0) is 10.2 Å². The van der Waals surface area contributed by atoms with Crippen LogP contribution in [0.3, 0.4) is 0 Å². The fraction of sp³-hybridized carbons (Fsp3) is 0.556. The first-order chi connectivity index (χ1) is 11.6. The van der Waals surface area contributed by atoms with Crippen molar-refractivity contribution in [3.8, 4) is 11.5 Å². The van der Waals surface area contributed by atoms with E-state index in [0.29, 0.717) is 12.5 Å². The van der Waals surface area contributed by atoms with E-state index >= 15 is 0 Å². The smallest absolute Gasteiger partial charge is 0.227 e. The van der Waals surface area contributed by atoms with Gasteiger partial charge in [-0.25, -0.2) is 5.43 Å². The average molecular weight is 331 g/mol. The first kappa shape index (κ1) is 16.8. The third-order valence-corrected chi connectivity index (χ3v) is 5.60. The molecule has 0 radical (unpaired) electrons. The molecule has 1 N–H and O–H groups in total. The number of carbonyl (C=O) groups excluding carboxylic acids is 1. The molecule has 1 heterocycles. The number of hydrazone groups is 1. The molecule has 0 aromatic heterocycles. The Bertz CT molecular complexity index is 646. The molecule has 2 fully saturated rings. The standard InChI is InChI=1S/C18H25N3O3/c1-21-9-8-18(7-6-14(11-17(18)21)20-19-12-22)13-4-5-15(23-2)16(10-13)24-3/h4-5,10,12,17H,6-9,11H2,1-3H3,(H,19,22)/b20-14+. The number of hydrogen-bond donors (Lipinski definition) is 1. The highest BCUT2D eigenvalue weighted by atomic mass is 16.5. The number of amides is 1. The van der Waals surface area contributed by atoms with Gasteiger partial charge in [-0.3, -0.25) is 4.79 Å². The molecular weight excluding hydrogens is 306 g/mol. The molecule has 24 heavy (non-hydrogen) atoms. The Morgan fingerprint density at radius 3 is 2.79 bits per heavy atom. The quantitative estimate of drug-likeness (QED) is 0.661. The molecule has 0 bridgehead atoms. The Morgan fingerprint density at radius 1 is 1.29 bits per heavy atom. The lowest BCUT2D eigenvalue weighted by molar-refractivity contribution is -0.109. The molecule has 6 heteroatoms. The lowest BCUT2D eigenvalue weighted by atomic mass is 9.65. The van der Waals surface area contributed by atoms with Gasteiger partial charge in [-0.05, 0) is 50.6 Å². The van der Waals surface area contributed by atoms with Crippen LogP contribution >= 0.6 is 0 Å². The van der Waals surface area contributed by atoms with E-state index in [2.05, 4.69) is 34.6 Å². The fourth-order valence-corrected chi connectivity index (χ4v) is 4.30. The summed E-state index contributed by atoms with van der Waals surface area (Å²) in [5.41, 5.74) is 4.93. The van der Waals surface area contributed by atoms with Gasteiger partial charge >= 0.3 is 0 Å². The Morgan fingerprint density at radius 2 is 2.08 bits per heavy atom. The molecule has 1 aliphatic carbocycles. The molecule has 3 rings (SSSR count). The summed E-state index contributed by atoms with van der Waals surface area (Å²) in [7, 11) is 5.50. The number of benzene rings is 1. The number of likely N-dealkylation sites (N-methyl/N-ethyl adjacent to an activating group) is 1. The summed E-state index contributed by atoms with van der Waals surface area (Å²) >= 11 is 0. The first-order valence-electron chi connectivity index (χ1n) is 8.32. The third-order valence-electron chi connectivity index (χ3n) is 5.60. The van der Waals surface area contributed by atoms with Gasteiger partial charge in [-0.2, -0.15) is 5.10 Å². The number of fused-ring (bicyclic) bond motifs is 1. The highest BCUT2D eigenvalue weighted by Gasteiger charge is 2.49. The summed E-state index contributed by atoms with van der Waals surface area (Å²) in [6, 6.07) is 6.67. The predicted molar refractivity (Wildman–Crippen MR) is 92.7 cm³/mol. The molecule has 1 saturated heterocycles. The van der Waals surface area contributed by atoms with Crippen molar-refractivity contribution in [1.29, 1.82) is 0 Å². The minimum absolute atomic E-state index is 0.106. The topological polar surface area (TPSA) is 63.2 Å². The van der Waals surface area contributed by atoms with Crippen LogP contribution in [0.25, 0.3) is 0 Å². The molecule has 1 saturated carbocycles. The zero-order valence-electron chi connectivity index (χ0n) is 14.5. The van der Waals surface area contributed by atoms with Crippen molar-refractivity contribution in [3.63, 3.8) is 0 Å². The van der Waals surface area contributed by atoms with Gasteiger partial charge in [0.05, 0.1) is 14.2 Å². The fourth-order valence-electron chi connectivity index (χ4n) is 4.30. The second kappa shape index (κ2) is 6.81. The maximum atomic E-state index is 10.5. The number of nitrogens with zero attached hydrogens (tertiary/aromatic N) is 2. The van der Waals surface area contributed by atoms with E-state index in [1.807, 2.05) is 6.07 Å². The summed E-state index contributed by atoms with van der Waals surface area (Å²) in [5, 5.41) is 4.21. The second-order valence-electron chi connectivity index (χ2n) is 6.60. The molecule has 1 aromatic carbocycles. The Balaban J connectivity index is 1.95. The number of methoxy groups -OCH3 is 2. The van der Waals surface area contributed by atoms with Crippen LogP contribution in [-0.4, -0.2) is 50.9 Å². The number of rotatable bonds is 5. The SMILES string of the molecule is COc1ccc(C23CC/C(=N\NC=O)CC2N(C)CC3)cc1OC. The molecule has 6 nitrogen and oxygen atoms in total. The van der Waals surface area contributed by atoms with Crippen LogP contribution in [0, 0.1) is 0 Å². The van der Waals surface area contributed by atoms with Crippen LogP contribution in [0.15, 0.2) is 23.3 Å². The molecule has 2 atom stereocenters. The number of nitrogens with one attached hydrogen (secondary N) is 1. The minimum Gasteiger partial charge on any atom is -0.493 e. The Kier molecular flexibility index (Phi) is 4.76. The van der Waals surface area contributed by atoms with E-state index in [0.717, 1.165) is 49.4 Å². The Labute approximate surface area is 142 Å². The second-order valence-corrected chi connectivity index (χ2v) is 6.60. The largest absolute Gasteiger partial charge is 0.493 e. The van der Waals surface area contributed by atoms with E-state index in [1.54, 1.807) is 14.2 Å². The van der Waals surface area contributed by atoms with E-state index in [1.165, 1.54) is 5.56 Å². The van der Waals surface area contributed by atoms with E-state index in [9.17, 15) is 4.79 Å². The minimum atomic E-state index is 0.106. The van der Waals surface area contributed by atoms with Crippen LogP contribution < -0.4 is 14.9 Å². The first-order valence-corrected chi connectivity index (χ1v) is 8.32. The van der Waals surface area contributed by atoms with Crippen LogP contribution in [0.5, 0.6) is 11.5 Å². The molecular formula is C18H25N3O3. The lowest BCUT2D eigenvalue weighted by Crippen LogP contribution is -2.46. The monoisotopic (exact) mass is 331 g/mol. The van der Waals surface area contributed by atoms with Crippen molar-refractivity contribution in [2.24, 2.45) is 5.10 Å². The van der Waals surface area contributed by atoms with Gasteiger partial charge < -0.3 is 14.4 Å². The van der Waals surface area contributed by atoms with Gasteiger partial charge in [0.15, 0.2) is 11.5 Å². The molecule has 1 aliphatic heterocycles. The van der Waals surface area contributed by atoms with Crippen molar-refractivity contribution in [3.05, 3.63) is 23.8 Å². The number of ether oxygens (including phenoxy) is 2. The summed E-state index contributed by atoms with van der Waals surface area (Å²) in [6.45, 7) is 1.06. The van der Waals surface area contributed by atoms with Crippen molar-refractivity contribution < 1.29 is 14.3 Å². The number of likely N-dealkylation sites (tertiary alicyclic amines) is 1. The predicted octanol–water partition coefficient (Wildman–Crippen LogP) is 1.93. The van der Waals surface area contributed by atoms with Gasteiger partial charge in [-0.1, -0.05) is 6.07 Å². The van der Waals surface area contributed by atoms with E-state index in [-0.39, 0.29) is 5.41 Å². The number of hydrogen-bond acceptors (Lipinski definition) is 5. The third kappa shape index (κ3) is 2.75. The molecule has 130 valence electrons. The Hall–Kier alpha value is -2.08. The van der Waals surface area contributed by atoms with E-state index < -0.39 is 0 Å². The molecule has 2 unspecified atom stereocenters. The normalized spacial score (nSPS) is 28.5. The highest BCUT2D eigenvalue weighted by molar-refractivity contribution is 5.87. The van der Waals surface area contributed by atoms with Crippen LogP contribution in [0.2, 0.25) is 0 Å². The van der Waals surface area contributed by atoms with Gasteiger partial charge in [0.25, 0.3) is 0 Å². The van der Waals surface area contributed by atoms with Crippen molar-refractivity contribution in [2.45, 2.75) is 37.1 Å². The molecule has 1 aromatic rings. The maximum absolute atomic E-state index is 10.5. The van der Waals surface area contributed by atoms with E-state index in [4.69, 9.17) is 9.47 Å². The van der Waals surface area contributed by atoms with Gasteiger partial charge in [0.2, 0.25) is 6.41 Å². The highest BCUT2D eigenvalue weighted by Crippen LogP contribution is 2.49. The summed E-state index contributed by atoms with van der Waals surface area (Å²) in [6.07, 6.45) is 4.56. The summed E-state index contributed by atoms with van der Waals surface area (Å²) < 4.78 is 10.9. The van der Waals surface area contributed by atoms with Crippen LogP contribution in [0.4, 0.5) is 0 Å². The molecule has 2 aliphatic rings. The maximum Gasteiger partial charge on any atom is 0.227 e. The average Bonchev–Trinajstić information content (AvgIpc) is 2.97. The molecule has 0 spiro atoms. The molecule has 1 amide bonds. The van der Waals surface area contributed by atoms with Crippen molar-refractivity contribution in [1.82, 2.24) is 10.3 Å².